The molecule has 2 aromatic heterocycles. The van der Waals surface area contributed by atoms with Crippen LogP contribution in [0.5, 0.6) is 0 Å². The van der Waals surface area contributed by atoms with Gasteiger partial charge in [0.25, 0.3) is 10.0 Å². The maximum atomic E-state index is 13.2. The maximum absolute atomic E-state index is 13.2. The molecule has 0 saturated heterocycles. The van der Waals surface area contributed by atoms with Gasteiger partial charge in [-0.25, -0.2) is 17.1 Å². The van der Waals surface area contributed by atoms with Crippen LogP contribution < -0.4 is 0 Å². The van der Waals surface area contributed by atoms with Crippen LogP contribution in [0, 0.1) is 27.7 Å². The van der Waals surface area contributed by atoms with E-state index in [1.165, 1.54) is 26.2 Å². The molecule has 5 nitrogen and oxygen atoms in total. The van der Waals surface area contributed by atoms with Crippen molar-refractivity contribution in [3.05, 3.63) is 100 Å². The van der Waals surface area contributed by atoms with E-state index in [2.05, 4.69) is 37.3 Å². The molecule has 0 atom stereocenters. The lowest BCUT2D eigenvalue weighted by atomic mass is 9.90. The number of nitrogens with zero attached hydrogens (tertiary/aromatic N) is 3. The predicted octanol–water partition coefficient (Wildman–Crippen LogP) is 5.63. The third kappa shape index (κ3) is 3.64. The Morgan fingerprint density at radius 3 is 2.21 bits per heavy atom. The van der Waals surface area contributed by atoms with Crippen LogP contribution in [0.1, 0.15) is 45.9 Å². The zero-order valence-electron chi connectivity index (χ0n) is 19.3. The standard InChI is InChI=1S/C27H27N3O2S/c1-18-6-5-7-22(16-18)23-10-15-26-21(4)28-29(27(26)17-23)24-11-13-25(14-12-24)33(31,32)30-19(2)8-9-20(30)3/h5-9,11-14,16-17H,10,15H2,1-4H3. The van der Waals surface area contributed by atoms with Gasteiger partial charge in [0.2, 0.25) is 0 Å². The van der Waals surface area contributed by atoms with Crippen LogP contribution in [-0.4, -0.2) is 22.2 Å². The van der Waals surface area contributed by atoms with Crippen LogP contribution in [0.3, 0.4) is 0 Å². The molecule has 33 heavy (non-hydrogen) atoms. The molecule has 0 radical (unpaired) electrons. The second kappa shape index (κ2) is 7.89. The topological polar surface area (TPSA) is 56.9 Å². The molecule has 0 unspecified atom stereocenters. The lowest BCUT2D eigenvalue weighted by Crippen LogP contribution is -2.15. The van der Waals surface area contributed by atoms with Gasteiger partial charge in [-0.2, -0.15) is 5.10 Å². The minimum Gasteiger partial charge on any atom is -0.243 e. The fraction of sp³-hybridized carbons (Fsp3) is 0.222. The molecule has 2 aromatic carbocycles. The Labute approximate surface area is 195 Å². The summed E-state index contributed by atoms with van der Waals surface area (Å²) in [5.41, 5.74) is 9.36. The zero-order chi connectivity index (χ0) is 23.3. The zero-order valence-corrected chi connectivity index (χ0v) is 20.1. The smallest absolute Gasteiger partial charge is 0.243 e. The van der Waals surface area contributed by atoms with Crippen molar-refractivity contribution < 1.29 is 8.42 Å². The summed E-state index contributed by atoms with van der Waals surface area (Å²) in [6, 6.07) is 19.2. The molecule has 0 N–H and O–H groups in total. The number of benzene rings is 2. The summed E-state index contributed by atoms with van der Waals surface area (Å²) in [6.07, 6.45) is 4.15. The van der Waals surface area contributed by atoms with Gasteiger partial charge in [0, 0.05) is 17.0 Å². The second-order valence-electron chi connectivity index (χ2n) is 8.78. The van der Waals surface area contributed by atoms with E-state index >= 15 is 0 Å². The summed E-state index contributed by atoms with van der Waals surface area (Å²) >= 11 is 0. The van der Waals surface area contributed by atoms with Gasteiger partial charge in [-0.1, -0.05) is 29.8 Å². The van der Waals surface area contributed by atoms with Gasteiger partial charge in [0.1, 0.15) is 0 Å². The molecule has 0 spiro atoms. The third-order valence-electron chi connectivity index (χ3n) is 6.39. The van der Waals surface area contributed by atoms with E-state index in [-0.39, 0.29) is 4.90 Å². The van der Waals surface area contributed by atoms with E-state index in [9.17, 15) is 8.42 Å². The second-order valence-corrected chi connectivity index (χ2v) is 10.6. The van der Waals surface area contributed by atoms with Gasteiger partial charge in [-0.15, -0.1) is 0 Å². The van der Waals surface area contributed by atoms with Gasteiger partial charge < -0.3 is 0 Å². The highest BCUT2D eigenvalue weighted by atomic mass is 32.2. The average Bonchev–Trinajstić information content (AvgIpc) is 3.32. The van der Waals surface area contributed by atoms with Crippen LogP contribution in [-0.2, 0) is 16.4 Å². The van der Waals surface area contributed by atoms with E-state index in [1.807, 2.05) is 35.9 Å². The predicted molar refractivity (Wildman–Crippen MR) is 132 cm³/mol. The van der Waals surface area contributed by atoms with Crippen molar-refractivity contribution in [2.24, 2.45) is 0 Å². The number of hydrogen-bond acceptors (Lipinski definition) is 3. The van der Waals surface area contributed by atoms with Crippen LogP contribution in [0.25, 0.3) is 17.3 Å². The summed E-state index contributed by atoms with van der Waals surface area (Å²) < 4.78 is 29.7. The van der Waals surface area contributed by atoms with Crippen LogP contribution in [0.4, 0.5) is 0 Å². The first kappa shape index (κ1) is 21.5. The minimum absolute atomic E-state index is 0.266. The molecule has 6 heteroatoms. The largest absolute Gasteiger partial charge is 0.268 e. The van der Waals surface area contributed by atoms with Gasteiger partial charge in [0.15, 0.2) is 0 Å². The first-order valence-corrected chi connectivity index (χ1v) is 12.6. The molecule has 5 rings (SSSR count). The lowest BCUT2D eigenvalue weighted by molar-refractivity contribution is 0.585. The molecule has 0 bridgehead atoms. The van der Waals surface area contributed by atoms with E-state index < -0.39 is 10.0 Å². The van der Waals surface area contributed by atoms with Crippen LogP contribution in [0.2, 0.25) is 0 Å². The first-order valence-electron chi connectivity index (χ1n) is 11.1. The van der Waals surface area contributed by atoms with Gasteiger partial charge >= 0.3 is 0 Å². The SMILES string of the molecule is Cc1cccc(C2=Cc3c(c(C)nn3-c3ccc(S(=O)(=O)n4c(C)ccc4C)cc3)CC2)c1. The number of hydrogen-bond donors (Lipinski definition) is 0. The molecule has 168 valence electrons. The third-order valence-corrected chi connectivity index (χ3v) is 8.32. The van der Waals surface area contributed by atoms with E-state index in [0.717, 1.165) is 29.9 Å². The van der Waals surface area contributed by atoms with Crippen molar-refractivity contribution in [2.45, 2.75) is 45.4 Å². The summed E-state index contributed by atoms with van der Waals surface area (Å²) in [4.78, 5) is 0.266. The molecule has 4 aromatic rings. The summed E-state index contributed by atoms with van der Waals surface area (Å²) in [5.74, 6) is 0. The fourth-order valence-electron chi connectivity index (χ4n) is 4.70. The van der Waals surface area contributed by atoms with Gasteiger partial charge in [0.05, 0.1) is 22.0 Å². The number of fused-ring (bicyclic) bond motifs is 1. The Morgan fingerprint density at radius 1 is 0.848 bits per heavy atom. The summed E-state index contributed by atoms with van der Waals surface area (Å²) in [7, 11) is -3.64. The quantitative estimate of drug-likeness (QED) is 0.399. The number of allylic oxidation sites excluding steroid dienone is 1. The lowest BCUT2D eigenvalue weighted by Gasteiger charge is -2.16. The van der Waals surface area contributed by atoms with Crippen molar-refractivity contribution in [3.63, 3.8) is 0 Å². The number of aryl methyl sites for hydroxylation is 4. The normalized spacial score (nSPS) is 13.6. The van der Waals surface area contributed by atoms with Crippen molar-refractivity contribution in [1.82, 2.24) is 13.8 Å². The van der Waals surface area contributed by atoms with E-state index in [0.29, 0.717) is 11.4 Å². The minimum atomic E-state index is -3.64. The molecule has 0 saturated carbocycles. The Morgan fingerprint density at radius 2 is 1.55 bits per heavy atom. The Kier molecular flexibility index (Phi) is 5.13. The summed E-state index contributed by atoms with van der Waals surface area (Å²) in [6.45, 7) is 7.75. The molecular formula is C27H27N3O2S. The van der Waals surface area contributed by atoms with E-state index in [4.69, 9.17) is 5.10 Å². The molecule has 1 aliphatic carbocycles. The Balaban J connectivity index is 1.55. The first-order chi connectivity index (χ1) is 15.8. The maximum Gasteiger partial charge on any atom is 0.268 e. The monoisotopic (exact) mass is 457 g/mol. The Bertz CT molecular complexity index is 1480. The molecule has 0 fully saturated rings. The van der Waals surface area contributed by atoms with Crippen LogP contribution >= 0.6 is 0 Å². The Hall–Kier alpha value is -3.38. The highest BCUT2D eigenvalue weighted by Gasteiger charge is 2.23. The highest BCUT2D eigenvalue weighted by molar-refractivity contribution is 7.90. The molecule has 2 heterocycles. The molecule has 0 aliphatic heterocycles. The highest BCUT2D eigenvalue weighted by Crippen LogP contribution is 2.33. The molecule has 0 amide bonds. The van der Waals surface area contributed by atoms with E-state index in [1.54, 1.807) is 26.0 Å². The fourth-order valence-corrected chi connectivity index (χ4v) is 6.27. The van der Waals surface area contributed by atoms with Gasteiger partial charge in [-0.05, 0) is 94.1 Å². The van der Waals surface area contributed by atoms with Crippen molar-refractivity contribution in [3.8, 4) is 5.69 Å². The van der Waals surface area contributed by atoms with Crippen molar-refractivity contribution >= 4 is 21.7 Å². The summed E-state index contributed by atoms with van der Waals surface area (Å²) in [5, 5.41) is 4.80. The molecular weight excluding hydrogens is 430 g/mol. The van der Waals surface area contributed by atoms with Crippen LogP contribution in [0.15, 0.2) is 65.6 Å². The number of aromatic nitrogens is 3. The number of rotatable bonds is 4. The molecule has 1 aliphatic rings. The van der Waals surface area contributed by atoms with Crippen molar-refractivity contribution in [2.75, 3.05) is 0 Å². The van der Waals surface area contributed by atoms with Crippen molar-refractivity contribution in [1.29, 1.82) is 0 Å². The average molecular weight is 458 g/mol. The van der Waals surface area contributed by atoms with Gasteiger partial charge in [-0.3, -0.25) is 0 Å².